The maximum absolute atomic E-state index is 12.1. The summed E-state index contributed by atoms with van der Waals surface area (Å²) in [6.07, 6.45) is 0. The molecule has 3 aromatic carbocycles. The van der Waals surface area contributed by atoms with Crippen molar-refractivity contribution in [3.05, 3.63) is 95.0 Å². The highest BCUT2D eigenvalue weighted by Crippen LogP contribution is 2.19. The average molecular weight is 349 g/mol. The minimum absolute atomic E-state index is 0.267. The number of rotatable bonds is 4. The Kier molecular flexibility index (Phi) is 5.26. The van der Waals surface area contributed by atoms with E-state index in [0.29, 0.717) is 10.6 Å². The standard InChI is InChI=1S/C21H17ClN2O/c1-15(23-24-21(25)19-11-13-20(22)14-12-19)16-7-9-18(10-8-16)17-5-3-2-4-6-17/h2-14H,1H3,(H,24,25)/b23-15+. The molecule has 1 amide bonds. The molecule has 0 aliphatic heterocycles. The van der Waals surface area contributed by atoms with Crippen LogP contribution in [0.1, 0.15) is 22.8 Å². The first-order valence-electron chi connectivity index (χ1n) is 7.89. The van der Waals surface area contributed by atoms with E-state index in [9.17, 15) is 4.79 Å². The first-order valence-corrected chi connectivity index (χ1v) is 8.27. The Hall–Kier alpha value is -2.91. The normalized spacial score (nSPS) is 11.2. The Labute approximate surface area is 152 Å². The zero-order chi connectivity index (χ0) is 17.6. The molecule has 0 spiro atoms. The van der Waals surface area contributed by atoms with Crippen LogP contribution in [0.2, 0.25) is 5.02 Å². The lowest BCUT2D eigenvalue weighted by Gasteiger charge is -2.05. The molecule has 0 heterocycles. The molecule has 0 fully saturated rings. The maximum atomic E-state index is 12.1. The smallest absolute Gasteiger partial charge is 0.267 e. The fourth-order valence-electron chi connectivity index (χ4n) is 2.40. The molecule has 0 atom stereocenters. The summed E-state index contributed by atoms with van der Waals surface area (Å²) >= 11 is 5.82. The van der Waals surface area contributed by atoms with Gasteiger partial charge in [-0.15, -0.1) is 0 Å². The van der Waals surface area contributed by atoms with Crippen molar-refractivity contribution in [2.75, 3.05) is 0 Å². The van der Waals surface area contributed by atoms with Crippen LogP contribution in [0.15, 0.2) is 84.0 Å². The largest absolute Gasteiger partial charge is 0.271 e. The van der Waals surface area contributed by atoms with E-state index in [4.69, 9.17) is 11.6 Å². The predicted octanol–water partition coefficient (Wildman–Crippen LogP) is 5.16. The van der Waals surface area contributed by atoms with Gasteiger partial charge >= 0.3 is 0 Å². The Morgan fingerprint density at radius 2 is 1.36 bits per heavy atom. The lowest BCUT2D eigenvalue weighted by atomic mass is 10.0. The fourth-order valence-corrected chi connectivity index (χ4v) is 2.53. The van der Waals surface area contributed by atoms with E-state index in [1.807, 2.05) is 49.4 Å². The molecule has 3 rings (SSSR count). The van der Waals surface area contributed by atoms with Crippen LogP contribution in [0, 0.1) is 0 Å². The Bertz CT molecular complexity index is 885. The summed E-state index contributed by atoms with van der Waals surface area (Å²) in [5.41, 5.74) is 7.08. The van der Waals surface area contributed by atoms with Gasteiger partial charge in [0.15, 0.2) is 0 Å². The van der Waals surface area contributed by atoms with Gasteiger partial charge in [-0.05, 0) is 47.9 Å². The summed E-state index contributed by atoms with van der Waals surface area (Å²) in [6.45, 7) is 1.86. The minimum atomic E-state index is -0.267. The Morgan fingerprint density at radius 3 is 2.00 bits per heavy atom. The summed E-state index contributed by atoms with van der Waals surface area (Å²) in [4.78, 5) is 12.1. The molecule has 0 aliphatic rings. The van der Waals surface area contributed by atoms with E-state index in [1.165, 1.54) is 5.56 Å². The number of benzene rings is 3. The molecule has 124 valence electrons. The van der Waals surface area contributed by atoms with Gasteiger partial charge in [-0.1, -0.05) is 66.2 Å². The number of hydrazone groups is 1. The molecule has 1 N–H and O–H groups in total. The lowest BCUT2D eigenvalue weighted by Crippen LogP contribution is -2.19. The van der Waals surface area contributed by atoms with Crippen molar-refractivity contribution in [3.63, 3.8) is 0 Å². The van der Waals surface area contributed by atoms with Gasteiger partial charge in [-0.25, -0.2) is 5.43 Å². The molecule has 0 saturated heterocycles. The third kappa shape index (κ3) is 4.34. The van der Waals surface area contributed by atoms with Crippen LogP contribution >= 0.6 is 11.6 Å². The highest BCUT2D eigenvalue weighted by atomic mass is 35.5. The highest BCUT2D eigenvalue weighted by molar-refractivity contribution is 6.30. The Morgan fingerprint density at radius 1 is 0.800 bits per heavy atom. The van der Waals surface area contributed by atoms with E-state index >= 15 is 0 Å². The third-order valence-electron chi connectivity index (χ3n) is 3.84. The number of nitrogens with one attached hydrogen (secondary N) is 1. The van der Waals surface area contributed by atoms with Crippen molar-refractivity contribution in [1.29, 1.82) is 0 Å². The van der Waals surface area contributed by atoms with Crippen molar-refractivity contribution in [3.8, 4) is 11.1 Å². The van der Waals surface area contributed by atoms with Gasteiger partial charge in [-0.2, -0.15) is 5.10 Å². The number of amides is 1. The van der Waals surface area contributed by atoms with Crippen molar-refractivity contribution in [2.24, 2.45) is 5.10 Å². The third-order valence-corrected chi connectivity index (χ3v) is 4.09. The van der Waals surface area contributed by atoms with E-state index in [0.717, 1.165) is 16.8 Å². The number of hydrogen-bond donors (Lipinski definition) is 1. The second kappa shape index (κ2) is 7.77. The number of nitrogens with zero attached hydrogens (tertiary/aromatic N) is 1. The SMILES string of the molecule is C/C(=N\NC(=O)c1ccc(Cl)cc1)c1ccc(-c2ccccc2)cc1. The van der Waals surface area contributed by atoms with Crippen LogP contribution in [0.4, 0.5) is 0 Å². The number of carbonyl (C=O) groups is 1. The zero-order valence-electron chi connectivity index (χ0n) is 13.7. The molecule has 0 bridgehead atoms. The van der Waals surface area contributed by atoms with Crippen molar-refractivity contribution >= 4 is 23.2 Å². The first kappa shape index (κ1) is 16.9. The molecule has 3 aromatic rings. The summed E-state index contributed by atoms with van der Waals surface area (Å²) in [7, 11) is 0. The monoisotopic (exact) mass is 348 g/mol. The van der Waals surface area contributed by atoms with Crippen molar-refractivity contribution in [1.82, 2.24) is 5.43 Å². The number of hydrogen-bond acceptors (Lipinski definition) is 2. The second-order valence-corrected chi connectivity index (χ2v) is 6.02. The maximum Gasteiger partial charge on any atom is 0.271 e. The average Bonchev–Trinajstić information content (AvgIpc) is 2.67. The van der Waals surface area contributed by atoms with Crippen LogP contribution in [0.25, 0.3) is 11.1 Å². The zero-order valence-corrected chi connectivity index (χ0v) is 14.5. The molecule has 25 heavy (non-hydrogen) atoms. The highest BCUT2D eigenvalue weighted by Gasteiger charge is 2.05. The van der Waals surface area contributed by atoms with Gasteiger partial charge in [-0.3, -0.25) is 4.79 Å². The van der Waals surface area contributed by atoms with Crippen LogP contribution in [0.5, 0.6) is 0 Å². The molecular formula is C21H17ClN2O. The molecule has 0 unspecified atom stereocenters. The van der Waals surface area contributed by atoms with E-state index in [1.54, 1.807) is 24.3 Å². The van der Waals surface area contributed by atoms with Crippen LogP contribution < -0.4 is 5.43 Å². The molecule has 0 aromatic heterocycles. The summed E-state index contributed by atoms with van der Waals surface area (Å²) in [5, 5.41) is 4.77. The van der Waals surface area contributed by atoms with Crippen LogP contribution in [0.3, 0.4) is 0 Å². The Balaban J connectivity index is 1.70. The summed E-state index contributed by atoms with van der Waals surface area (Å²) < 4.78 is 0. The summed E-state index contributed by atoms with van der Waals surface area (Å²) in [6, 6.07) is 24.9. The van der Waals surface area contributed by atoms with E-state index < -0.39 is 0 Å². The van der Waals surface area contributed by atoms with Crippen molar-refractivity contribution in [2.45, 2.75) is 6.92 Å². The van der Waals surface area contributed by atoms with E-state index in [2.05, 4.69) is 22.7 Å². The topological polar surface area (TPSA) is 41.5 Å². The van der Waals surface area contributed by atoms with Crippen LogP contribution in [-0.2, 0) is 0 Å². The van der Waals surface area contributed by atoms with E-state index in [-0.39, 0.29) is 5.91 Å². The first-order chi connectivity index (χ1) is 12.1. The van der Waals surface area contributed by atoms with Gasteiger partial charge in [0, 0.05) is 10.6 Å². The molecule has 3 nitrogen and oxygen atoms in total. The van der Waals surface area contributed by atoms with Crippen LogP contribution in [-0.4, -0.2) is 11.6 Å². The van der Waals surface area contributed by atoms with Gasteiger partial charge in [0.05, 0.1) is 5.71 Å². The fraction of sp³-hybridized carbons (Fsp3) is 0.0476. The molecule has 4 heteroatoms. The van der Waals surface area contributed by atoms with Gasteiger partial charge in [0.2, 0.25) is 0 Å². The second-order valence-electron chi connectivity index (χ2n) is 5.59. The molecule has 0 aliphatic carbocycles. The predicted molar refractivity (Wildman–Crippen MR) is 103 cm³/mol. The molecule has 0 saturated carbocycles. The molecular weight excluding hydrogens is 332 g/mol. The quantitative estimate of drug-likeness (QED) is 0.513. The van der Waals surface area contributed by atoms with Gasteiger partial charge in [0.25, 0.3) is 5.91 Å². The number of halogens is 1. The molecule has 0 radical (unpaired) electrons. The van der Waals surface area contributed by atoms with Gasteiger partial charge < -0.3 is 0 Å². The van der Waals surface area contributed by atoms with Gasteiger partial charge in [0.1, 0.15) is 0 Å². The lowest BCUT2D eigenvalue weighted by molar-refractivity contribution is 0.0955. The summed E-state index contributed by atoms with van der Waals surface area (Å²) in [5.74, 6) is -0.267. The minimum Gasteiger partial charge on any atom is -0.267 e. The van der Waals surface area contributed by atoms with Crippen molar-refractivity contribution < 1.29 is 4.79 Å². The number of carbonyl (C=O) groups excluding carboxylic acids is 1.